The Bertz CT molecular complexity index is 1300. The molecular weight excluding hydrogens is 481 g/mol. The first-order valence-electron chi connectivity index (χ1n) is 12.0. The fourth-order valence-electron chi connectivity index (χ4n) is 4.74. The maximum Gasteiger partial charge on any atom is 0.267 e. The van der Waals surface area contributed by atoms with Crippen LogP contribution in [0.3, 0.4) is 0 Å². The van der Waals surface area contributed by atoms with Gasteiger partial charge in [0.15, 0.2) is 0 Å². The van der Waals surface area contributed by atoms with E-state index < -0.39 is 21.7 Å². The number of carbonyl (C=O) groups excluding carboxylic acids is 1. The molecule has 1 aliphatic heterocycles. The van der Waals surface area contributed by atoms with Crippen LogP contribution in [0.4, 0.5) is 4.39 Å². The van der Waals surface area contributed by atoms with E-state index in [-0.39, 0.29) is 23.4 Å². The zero-order valence-corrected chi connectivity index (χ0v) is 20.7. The van der Waals surface area contributed by atoms with Gasteiger partial charge in [0.2, 0.25) is 10.0 Å². The second-order valence-corrected chi connectivity index (χ2v) is 11.3. The third-order valence-electron chi connectivity index (χ3n) is 6.60. The normalized spacial score (nSPS) is 17.3. The number of aromatic nitrogens is 1. The lowest BCUT2D eigenvalue weighted by atomic mass is 9.91. The molecule has 5 rings (SSSR count). The molecule has 1 N–H and O–H groups in total. The van der Waals surface area contributed by atoms with Crippen molar-refractivity contribution in [1.29, 1.82) is 0 Å². The molecule has 0 unspecified atom stereocenters. The van der Waals surface area contributed by atoms with Gasteiger partial charge in [0.25, 0.3) is 5.91 Å². The number of amides is 1. The van der Waals surface area contributed by atoms with Gasteiger partial charge in [-0.05, 0) is 53.6 Å². The van der Waals surface area contributed by atoms with Crippen LogP contribution in [0.15, 0.2) is 67.0 Å². The lowest BCUT2D eigenvalue weighted by Gasteiger charge is -2.44. The largest absolute Gasteiger partial charge is 0.493 e. The number of carbonyl (C=O) groups is 1. The number of nitrogens with one attached hydrogen (secondary N) is 1. The first kappa shape index (κ1) is 24.4. The summed E-state index contributed by atoms with van der Waals surface area (Å²) in [7, 11) is -3.79. The van der Waals surface area contributed by atoms with Crippen LogP contribution < -0.4 is 9.46 Å². The Morgan fingerprint density at radius 1 is 1.11 bits per heavy atom. The summed E-state index contributed by atoms with van der Waals surface area (Å²) in [5, 5.41) is 0. The van der Waals surface area contributed by atoms with Crippen molar-refractivity contribution in [3.8, 4) is 5.75 Å². The number of likely N-dealkylation sites (tertiary alicyclic amines) is 1. The Morgan fingerprint density at radius 2 is 1.78 bits per heavy atom. The molecule has 1 saturated carbocycles. The molecule has 1 atom stereocenters. The second kappa shape index (κ2) is 9.99. The van der Waals surface area contributed by atoms with E-state index >= 15 is 0 Å². The Hall–Kier alpha value is -3.30. The minimum Gasteiger partial charge on any atom is -0.493 e. The Morgan fingerprint density at radius 3 is 2.42 bits per heavy atom. The summed E-state index contributed by atoms with van der Waals surface area (Å²) in [6, 6.07) is 17.2. The quantitative estimate of drug-likeness (QED) is 0.471. The molecule has 0 bridgehead atoms. The zero-order chi connectivity index (χ0) is 25.3. The van der Waals surface area contributed by atoms with Crippen molar-refractivity contribution in [3.05, 3.63) is 95.1 Å². The van der Waals surface area contributed by atoms with Gasteiger partial charge < -0.3 is 4.74 Å². The van der Waals surface area contributed by atoms with Crippen LogP contribution in [0, 0.1) is 11.7 Å². The molecule has 1 saturated heterocycles. The number of sulfonamides is 1. The molecule has 2 fully saturated rings. The molecule has 3 aromatic rings. The van der Waals surface area contributed by atoms with Crippen molar-refractivity contribution in [2.75, 3.05) is 26.0 Å². The third kappa shape index (κ3) is 5.57. The molecule has 2 aliphatic rings. The van der Waals surface area contributed by atoms with E-state index in [9.17, 15) is 17.6 Å². The fourth-order valence-corrected chi connectivity index (χ4v) is 5.18. The van der Waals surface area contributed by atoms with E-state index in [0.29, 0.717) is 12.4 Å². The zero-order valence-electron chi connectivity index (χ0n) is 19.9. The minimum atomic E-state index is -3.79. The molecule has 1 amide bonds. The van der Waals surface area contributed by atoms with Gasteiger partial charge in [0, 0.05) is 37.5 Å². The molecule has 188 valence electrons. The van der Waals surface area contributed by atoms with Gasteiger partial charge in [-0.15, -0.1) is 0 Å². The SMILES string of the molecule is CS(=O)(=O)NC(=O)c1cc(C2CC2)c(OCC2CN([C@H](c3ccccc3)c3ccncc3)C2)cc1F. The van der Waals surface area contributed by atoms with Gasteiger partial charge in [0.05, 0.1) is 24.5 Å². The lowest BCUT2D eigenvalue weighted by Crippen LogP contribution is -2.51. The van der Waals surface area contributed by atoms with E-state index in [1.54, 1.807) is 12.4 Å². The standard InChI is InChI=1S/C27H28FN3O4S/c1-36(33,34)30-27(32)23-13-22(19-7-8-19)25(14-24(23)28)35-17-18-15-31(16-18)26(20-5-3-2-4-6-20)21-9-11-29-12-10-21/h2-6,9-14,18-19,26H,7-8,15-17H2,1H3,(H,30,32)/t26-/m1/s1. The van der Waals surface area contributed by atoms with Crippen molar-refractivity contribution in [2.45, 2.75) is 24.8 Å². The number of pyridine rings is 1. The van der Waals surface area contributed by atoms with E-state index in [4.69, 9.17) is 4.74 Å². The Balaban J connectivity index is 1.27. The van der Waals surface area contributed by atoms with E-state index in [2.05, 4.69) is 22.0 Å². The summed E-state index contributed by atoms with van der Waals surface area (Å²) < 4.78 is 45.5. The molecule has 7 nitrogen and oxygen atoms in total. The predicted octanol–water partition coefficient (Wildman–Crippen LogP) is 3.89. The fraction of sp³-hybridized carbons (Fsp3) is 0.333. The summed E-state index contributed by atoms with van der Waals surface area (Å²) in [4.78, 5) is 18.8. The average Bonchev–Trinajstić information content (AvgIpc) is 3.66. The van der Waals surface area contributed by atoms with Gasteiger partial charge >= 0.3 is 0 Å². The molecule has 36 heavy (non-hydrogen) atoms. The number of nitrogens with zero attached hydrogens (tertiary/aromatic N) is 2. The molecule has 9 heteroatoms. The highest BCUT2D eigenvalue weighted by Gasteiger charge is 2.35. The van der Waals surface area contributed by atoms with Crippen molar-refractivity contribution >= 4 is 15.9 Å². The van der Waals surface area contributed by atoms with Crippen LogP contribution >= 0.6 is 0 Å². The smallest absolute Gasteiger partial charge is 0.267 e. The average molecular weight is 510 g/mol. The summed E-state index contributed by atoms with van der Waals surface area (Å²) in [6.45, 7) is 2.10. The summed E-state index contributed by atoms with van der Waals surface area (Å²) >= 11 is 0. The monoisotopic (exact) mass is 509 g/mol. The van der Waals surface area contributed by atoms with Crippen LogP contribution in [0.5, 0.6) is 5.75 Å². The van der Waals surface area contributed by atoms with Crippen LogP contribution in [-0.4, -0.2) is 50.2 Å². The maximum atomic E-state index is 14.8. The highest BCUT2D eigenvalue weighted by Crippen LogP contribution is 2.45. The van der Waals surface area contributed by atoms with Crippen LogP contribution in [0.2, 0.25) is 0 Å². The lowest BCUT2D eigenvalue weighted by molar-refractivity contribution is 0.0375. The number of rotatable bonds is 9. The van der Waals surface area contributed by atoms with Crippen molar-refractivity contribution in [2.24, 2.45) is 5.92 Å². The van der Waals surface area contributed by atoms with E-state index in [0.717, 1.165) is 37.8 Å². The van der Waals surface area contributed by atoms with Gasteiger partial charge in [-0.1, -0.05) is 30.3 Å². The molecular formula is C27H28FN3O4S. The minimum absolute atomic E-state index is 0.123. The topological polar surface area (TPSA) is 88.6 Å². The number of benzene rings is 2. The summed E-state index contributed by atoms with van der Waals surface area (Å²) in [6.07, 6.45) is 6.33. The molecule has 2 heterocycles. The van der Waals surface area contributed by atoms with E-state index in [1.807, 2.05) is 35.1 Å². The van der Waals surface area contributed by atoms with E-state index in [1.165, 1.54) is 23.3 Å². The van der Waals surface area contributed by atoms with Crippen LogP contribution in [0.25, 0.3) is 0 Å². The number of halogens is 1. The molecule has 0 radical (unpaired) electrons. The molecule has 2 aromatic carbocycles. The second-order valence-electron chi connectivity index (χ2n) is 9.57. The van der Waals surface area contributed by atoms with Gasteiger partial charge in [-0.25, -0.2) is 17.5 Å². The van der Waals surface area contributed by atoms with Crippen LogP contribution in [-0.2, 0) is 10.0 Å². The molecule has 1 aromatic heterocycles. The molecule has 1 aliphatic carbocycles. The van der Waals surface area contributed by atoms with Crippen molar-refractivity contribution in [3.63, 3.8) is 0 Å². The first-order chi connectivity index (χ1) is 17.3. The van der Waals surface area contributed by atoms with Crippen molar-refractivity contribution in [1.82, 2.24) is 14.6 Å². The number of hydrogen-bond donors (Lipinski definition) is 1. The highest BCUT2D eigenvalue weighted by molar-refractivity contribution is 7.89. The number of hydrogen-bond acceptors (Lipinski definition) is 6. The third-order valence-corrected chi connectivity index (χ3v) is 7.16. The van der Waals surface area contributed by atoms with Crippen molar-refractivity contribution < 1.29 is 22.3 Å². The Kier molecular flexibility index (Phi) is 6.77. The van der Waals surface area contributed by atoms with Gasteiger partial charge in [-0.3, -0.25) is 14.7 Å². The Labute approximate surface area is 210 Å². The van der Waals surface area contributed by atoms with Gasteiger partial charge in [-0.2, -0.15) is 0 Å². The first-order valence-corrected chi connectivity index (χ1v) is 13.8. The van der Waals surface area contributed by atoms with Gasteiger partial charge in [0.1, 0.15) is 11.6 Å². The number of ether oxygens (including phenoxy) is 1. The highest BCUT2D eigenvalue weighted by atomic mass is 32.2. The summed E-state index contributed by atoms with van der Waals surface area (Å²) in [5.74, 6) is -0.870. The maximum absolute atomic E-state index is 14.8. The van der Waals surface area contributed by atoms with Crippen LogP contribution in [0.1, 0.15) is 51.8 Å². The predicted molar refractivity (Wildman–Crippen MR) is 134 cm³/mol. The molecule has 0 spiro atoms. The summed E-state index contributed by atoms with van der Waals surface area (Å²) in [5.41, 5.74) is 2.86.